The van der Waals surface area contributed by atoms with Crippen molar-refractivity contribution in [2.45, 2.75) is 26.3 Å². The van der Waals surface area contributed by atoms with Crippen molar-refractivity contribution in [3.63, 3.8) is 0 Å². The molecule has 4 aromatic rings. The summed E-state index contributed by atoms with van der Waals surface area (Å²) in [5.74, 6) is 0.756. The van der Waals surface area contributed by atoms with Crippen LogP contribution in [0.1, 0.15) is 36.5 Å². The fourth-order valence-electron chi connectivity index (χ4n) is 3.51. The SMILES string of the molecule is CC(C)c1ccc(CNC(=O)/C=C/c2cccc3c(=O)[nH]c(-c4ccc(O)cc4)nc23)cc1. The molecule has 6 heteroatoms. The van der Waals surface area contributed by atoms with Crippen LogP contribution < -0.4 is 10.9 Å². The first-order valence-electron chi connectivity index (χ1n) is 10.8. The standard InChI is InChI=1S/C27H25N3O3/c1-17(2)19-8-6-18(7-9-19)16-28-24(32)15-12-20-4-3-5-23-25(20)29-26(30-27(23)33)21-10-13-22(31)14-11-21/h3-15,17,31H,16H2,1-2H3,(H,28,32)(H,29,30,33)/b15-12+. The van der Waals surface area contributed by atoms with Crippen LogP contribution in [0.3, 0.4) is 0 Å². The third-order valence-electron chi connectivity index (χ3n) is 5.44. The van der Waals surface area contributed by atoms with Gasteiger partial charge in [-0.2, -0.15) is 0 Å². The second-order valence-electron chi connectivity index (χ2n) is 8.15. The summed E-state index contributed by atoms with van der Waals surface area (Å²) in [6, 6.07) is 19.9. The molecule has 0 aliphatic rings. The number of benzene rings is 3. The van der Waals surface area contributed by atoms with E-state index in [4.69, 9.17) is 0 Å². The summed E-state index contributed by atoms with van der Waals surface area (Å²) in [4.78, 5) is 32.4. The smallest absolute Gasteiger partial charge is 0.259 e. The molecule has 0 atom stereocenters. The van der Waals surface area contributed by atoms with Crippen LogP contribution in [0.5, 0.6) is 5.75 Å². The molecule has 3 aromatic carbocycles. The van der Waals surface area contributed by atoms with Gasteiger partial charge in [0.1, 0.15) is 11.6 Å². The Morgan fingerprint density at radius 3 is 2.48 bits per heavy atom. The molecule has 0 aliphatic carbocycles. The highest BCUT2D eigenvalue weighted by Gasteiger charge is 2.09. The van der Waals surface area contributed by atoms with E-state index in [0.717, 1.165) is 5.56 Å². The number of nitrogens with zero attached hydrogens (tertiary/aromatic N) is 1. The van der Waals surface area contributed by atoms with Crippen molar-refractivity contribution >= 4 is 22.9 Å². The van der Waals surface area contributed by atoms with Crippen LogP contribution >= 0.6 is 0 Å². The number of fused-ring (bicyclic) bond motifs is 1. The lowest BCUT2D eigenvalue weighted by atomic mass is 10.0. The molecule has 1 heterocycles. The topological polar surface area (TPSA) is 95.1 Å². The normalized spacial score (nSPS) is 11.4. The Labute approximate surface area is 191 Å². The fourth-order valence-corrected chi connectivity index (χ4v) is 3.51. The summed E-state index contributed by atoms with van der Waals surface area (Å²) in [5, 5.41) is 12.8. The average Bonchev–Trinajstić information content (AvgIpc) is 2.82. The Kier molecular flexibility index (Phi) is 6.36. The lowest BCUT2D eigenvalue weighted by Gasteiger charge is -2.07. The van der Waals surface area contributed by atoms with Gasteiger partial charge in [0.05, 0.1) is 10.9 Å². The Morgan fingerprint density at radius 1 is 1.06 bits per heavy atom. The van der Waals surface area contributed by atoms with Gasteiger partial charge in [0.2, 0.25) is 5.91 Å². The minimum absolute atomic E-state index is 0.132. The van der Waals surface area contributed by atoms with Gasteiger partial charge in [0.25, 0.3) is 5.56 Å². The second kappa shape index (κ2) is 9.53. The monoisotopic (exact) mass is 439 g/mol. The predicted molar refractivity (Wildman–Crippen MR) is 131 cm³/mol. The Bertz CT molecular complexity index is 1370. The van der Waals surface area contributed by atoms with E-state index in [0.29, 0.717) is 40.3 Å². The van der Waals surface area contributed by atoms with Gasteiger partial charge in [-0.1, -0.05) is 50.2 Å². The van der Waals surface area contributed by atoms with E-state index in [2.05, 4.69) is 41.3 Å². The zero-order valence-corrected chi connectivity index (χ0v) is 18.5. The number of phenols is 1. The highest BCUT2D eigenvalue weighted by Crippen LogP contribution is 2.21. The number of aromatic hydroxyl groups is 1. The first-order valence-corrected chi connectivity index (χ1v) is 10.8. The maximum absolute atomic E-state index is 12.6. The van der Waals surface area contributed by atoms with Crippen LogP contribution in [-0.2, 0) is 11.3 Å². The average molecular weight is 440 g/mol. The molecular formula is C27H25N3O3. The Morgan fingerprint density at radius 2 is 1.79 bits per heavy atom. The van der Waals surface area contributed by atoms with Crippen LogP contribution in [0.15, 0.2) is 77.6 Å². The second-order valence-corrected chi connectivity index (χ2v) is 8.15. The van der Waals surface area contributed by atoms with E-state index < -0.39 is 0 Å². The lowest BCUT2D eigenvalue weighted by molar-refractivity contribution is -0.116. The van der Waals surface area contributed by atoms with Crippen LogP contribution in [0.2, 0.25) is 0 Å². The summed E-state index contributed by atoms with van der Waals surface area (Å²) < 4.78 is 0. The highest BCUT2D eigenvalue weighted by atomic mass is 16.3. The minimum Gasteiger partial charge on any atom is -0.508 e. The lowest BCUT2D eigenvalue weighted by Crippen LogP contribution is -2.20. The maximum Gasteiger partial charge on any atom is 0.259 e. The summed E-state index contributed by atoms with van der Waals surface area (Å²) in [7, 11) is 0. The molecule has 166 valence electrons. The van der Waals surface area contributed by atoms with Gasteiger partial charge >= 0.3 is 0 Å². The number of H-pyrrole nitrogens is 1. The Balaban J connectivity index is 1.54. The molecule has 1 aromatic heterocycles. The summed E-state index contributed by atoms with van der Waals surface area (Å²) >= 11 is 0. The number of hydrogen-bond donors (Lipinski definition) is 3. The number of aromatic amines is 1. The molecular weight excluding hydrogens is 414 g/mol. The van der Waals surface area contributed by atoms with Crippen LogP contribution in [0.25, 0.3) is 28.4 Å². The van der Waals surface area contributed by atoms with E-state index in [9.17, 15) is 14.7 Å². The van der Waals surface area contributed by atoms with Crippen molar-refractivity contribution in [3.8, 4) is 17.1 Å². The molecule has 0 aliphatic heterocycles. The van der Waals surface area contributed by atoms with E-state index in [1.54, 1.807) is 30.3 Å². The van der Waals surface area contributed by atoms with E-state index in [-0.39, 0.29) is 17.2 Å². The quantitative estimate of drug-likeness (QED) is 0.378. The molecule has 0 saturated heterocycles. The molecule has 4 rings (SSSR count). The van der Waals surface area contributed by atoms with Crippen molar-refractivity contribution in [1.29, 1.82) is 0 Å². The molecule has 0 unspecified atom stereocenters. The summed E-state index contributed by atoms with van der Waals surface area (Å²) in [6.45, 7) is 4.72. The van der Waals surface area contributed by atoms with Gasteiger partial charge in [-0.15, -0.1) is 0 Å². The highest BCUT2D eigenvalue weighted by molar-refractivity contribution is 5.95. The van der Waals surface area contributed by atoms with Crippen LogP contribution in [0.4, 0.5) is 0 Å². The largest absolute Gasteiger partial charge is 0.508 e. The minimum atomic E-state index is -0.271. The molecule has 33 heavy (non-hydrogen) atoms. The van der Waals surface area contributed by atoms with E-state index in [1.807, 2.05) is 18.2 Å². The zero-order chi connectivity index (χ0) is 23.4. The summed E-state index contributed by atoms with van der Waals surface area (Å²) in [6.07, 6.45) is 3.10. The number of nitrogens with one attached hydrogen (secondary N) is 2. The van der Waals surface area contributed by atoms with Crippen molar-refractivity contribution in [1.82, 2.24) is 15.3 Å². The predicted octanol–water partition coefficient (Wildman–Crippen LogP) is 4.75. The van der Waals surface area contributed by atoms with Gasteiger partial charge in [-0.3, -0.25) is 9.59 Å². The third-order valence-corrected chi connectivity index (χ3v) is 5.44. The van der Waals surface area contributed by atoms with Gasteiger partial charge in [-0.05, 0) is 53.5 Å². The number of rotatable bonds is 6. The number of carbonyl (C=O) groups excluding carboxylic acids is 1. The number of carbonyl (C=O) groups is 1. The van der Waals surface area contributed by atoms with Gasteiger partial charge in [-0.25, -0.2) is 4.98 Å². The molecule has 3 N–H and O–H groups in total. The van der Waals surface area contributed by atoms with E-state index >= 15 is 0 Å². The van der Waals surface area contributed by atoms with Crippen molar-refractivity contribution in [2.75, 3.05) is 0 Å². The first-order chi connectivity index (χ1) is 15.9. The number of amides is 1. The summed E-state index contributed by atoms with van der Waals surface area (Å²) in [5.41, 5.74) is 3.85. The van der Waals surface area contributed by atoms with Gasteiger partial charge in [0, 0.05) is 23.7 Å². The van der Waals surface area contributed by atoms with E-state index in [1.165, 1.54) is 23.8 Å². The number of para-hydroxylation sites is 1. The molecule has 0 radical (unpaired) electrons. The first kappa shape index (κ1) is 22.0. The van der Waals surface area contributed by atoms with Crippen molar-refractivity contribution in [3.05, 3.63) is 99.9 Å². The van der Waals surface area contributed by atoms with Gasteiger partial charge in [0.15, 0.2) is 0 Å². The molecule has 0 spiro atoms. The zero-order valence-electron chi connectivity index (χ0n) is 18.5. The molecule has 0 fully saturated rings. The fraction of sp³-hybridized carbons (Fsp3) is 0.148. The third kappa shape index (κ3) is 5.18. The maximum atomic E-state index is 12.6. The number of aromatic nitrogens is 2. The molecule has 0 saturated carbocycles. The van der Waals surface area contributed by atoms with Crippen molar-refractivity contribution < 1.29 is 9.90 Å². The van der Waals surface area contributed by atoms with Gasteiger partial charge < -0.3 is 15.4 Å². The molecule has 6 nitrogen and oxygen atoms in total. The van der Waals surface area contributed by atoms with Crippen molar-refractivity contribution in [2.24, 2.45) is 0 Å². The van der Waals surface area contributed by atoms with Crippen LogP contribution in [0, 0.1) is 0 Å². The Hall–Kier alpha value is -4.19. The molecule has 1 amide bonds. The number of hydrogen-bond acceptors (Lipinski definition) is 4. The molecule has 0 bridgehead atoms. The number of phenolic OH excluding ortho intramolecular Hbond substituents is 1. The van der Waals surface area contributed by atoms with Crippen LogP contribution in [-0.4, -0.2) is 21.0 Å².